The first-order chi connectivity index (χ1) is 11.8. The molecule has 1 aromatic carbocycles. The number of nitrogens with zero attached hydrogens (tertiary/aromatic N) is 2. The standard InChI is InChI=1S/C18H22FN3O2S/c1-13-4-3-9-22(12-13)18-8-5-15(11-20-18)21-25(23,24)16-6-7-17(19)14(2)10-16/h5-8,10-11,13,21H,3-4,9,12H2,1-2H3. The SMILES string of the molecule is Cc1cc(S(=O)(=O)Nc2ccc(N3CCCC(C)C3)nc2)ccc1F. The zero-order valence-corrected chi connectivity index (χ0v) is 15.2. The molecule has 25 heavy (non-hydrogen) atoms. The third-order valence-corrected chi connectivity index (χ3v) is 5.80. The third-order valence-electron chi connectivity index (χ3n) is 4.42. The molecule has 134 valence electrons. The van der Waals surface area contributed by atoms with Crippen molar-refractivity contribution in [1.29, 1.82) is 0 Å². The van der Waals surface area contributed by atoms with Gasteiger partial charge in [0, 0.05) is 13.1 Å². The van der Waals surface area contributed by atoms with Gasteiger partial charge < -0.3 is 4.90 Å². The molecule has 1 fully saturated rings. The molecule has 1 unspecified atom stereocenters. The number of aromatic nitrogens is 1. The molecule has 1 atom stereocenters. The van der Waals surface area contributed by atoms with Gasteiger partial charge in [-0.25, -0.2) is 17.8 Å². The minimum atomic E-state index is -3.77. The van der Waals surface area contributed by atoms with E-state index in [-0.39, 0.29) is 10.5 Å². The molecule has 0 saturated carbocycles. The first-order valence-corrected chi connectivity index (χ1v) is 9.83. The van der Waals surface area contributed by atoms with Crippen LogP contribution in [0.25, 0.3) is 0 Å². The number of halogens is 1. The Labute approximate surface area is 147 Å². The van der Waals surface area contributed by atoms with Gasteiger partial charge in [-0.2, -0.15) is 0 Å². The van der Waals surface area contributed by atoms with E-state index in [2.05, 4.69) is 21.5 Å². The van der Waals surface area contributed by atoms with Gasteiger partial charge in [-0.3, -0.25) is 4.72 Å². The van der Waals surface area contributed by atoms with Crippen LogP contribution in [-0.4, -0.2) is 26.5 Å². The summed E-state index contributed by atoms with van der Waals surface area (Å²) in [6, 6.07) is 7.25. The van der Waals surface area contributed by atoms with Crippen LogP contribution >= 0.6 is 0 Å². The molecule has 0 spiro atoms. The minimum Gasteiger partial charge on any atom is -0.356 e. The topological polar surface area (TPSA) is 62.3 Å². The maximum atomic E-state index is 13.3. The van der Waals surface area contributed by atoms with Crippen LogP contribution in [0.2, 0.25) is 0 Å². The number of sulfonamides is 1. The number of aryl methyl sites for hydroxylation is 1. The summed E-state index contributed by atoms with van der Waals surface area (Å²) in [7, 11) is -3.77. The van der Waals surface area contributed by atoms with Crippen LogP contribution in [0.3, 0.4) is 0 Å². The highest BCUT2D eigenvalue weighted by Gasteiger charge is 2.19. The number of anilines is 2. The maximum absolute atomic E-state index is 13.3. The Balaban J connectivity index is 1.75. The fourth-order valence-electron chi connectivity index (χ4n) is 3.03. The first-order valence-electron chi connectivity index (χ1n) is 8.35. The zero-order chi connectivity index (χ0) is 18.0. The van der Waals surface area contributed by atoms with Crippen LogP contribution in [0, 0.1) is 18.7 Å². The molecule has 1 aliphatic heterocycles. The predicted molar refractivity (Wildman–Crippen MR) is 96.8 cm³/mol. The zero-order valence-electron chi connectivity index (χ0n) is 14.4. The smallest absolute Gasteiger partial charge is 0.261 e. The van der Waals surface area contributed by atoms with E-state index >= 15 is 0 Å². The van der Waals surface area contributed by atoms with Gasteiger partial charge in [0.25, 0.3) is 10.0 Å². The van der Waals surface area contributed by atoms with E-state index in [1.807, 2.05) is 6.07 Å². The summed E-state index contributed by atoms with van der Waals surface area (Å²) in [5, 5.41) is 0. The van der Waals surface area contributed by atoms with Crippen LogP contribution in [0.4, 0.5) is 15.9 Å². The van der Waals surface area contributed by atoms with E-state index in [0.717, 1.165) is 31.4 Å². The quantitative estimate of drug-likeness (QED) is 0.902. The molecule has 0 bridgehead atoms. The van der Waals surface area contributed by atoms with Gasteiger partial charge in [-0.15, -0.1) is 0 Å². The number of nitrogens with one attached hydrogen (secondary N) is 1. The van der Waals surface area contributed by atoms with Gasteiger partial charge in [0.1, 0.15) is 11.6 Å². The lowest BCUT2D eigenvalue weighted by molar-refractivity contribution is 0.444. The van der Waals surface area contributed by atoms with Gasteiger partial charge >= 0.3 is 0 Å². The Hall–Kier alpha value is -2.15. The van der Waals surface area contributed by atoms with Gasteiger partial charge in [0.2, 0.25) is 0 Å². The Morgan fingerprint density at radius 1 is 1.28 bits per heavy atom. The molecule has 2 aromatic rings. The largest absolute Gasteiger partial charge is 0.356 e. The molecule has 1 aliphatic rings. The molecule has 1 N–H and O–H groups in total. The Bertz CT molecular complexity index is 853. The molecular weight excluding hydrogens is 341 g/mol. The molecule has 1 aromatic heterocycles. The first kappa shape index (κ1) is 17.7. The van der Waals surface area contributed by atoms with Crippen molar-refractivity contribution in [3.05, 3.63) is 47.9 Å². The second kappa shape index (κ2) is 7.00. The molecular formula is C18H22FN3O2S. The number of rotatable bonds is 4. The molecule has 2 heterocycles. The average Bonchev–Trinajstić information content (AvgIpc) is 2.57. The number of pyridine rings is 1. The predicted octanol–water partition coefficient (Wildman–Crippen LogP) is 3.57. The van der Waals surface area contributed by atoms with Gasteiger partial charge in [-0.05, 0) is 61.6 Å². The van der Waals surface area contributed by atoms with Gasteiger partial charge in [-0.1, -0.05) is 6.92 Å². The van der Waals surface area contributed by atoms with E-state index in [0.29, 0.717) is 11.6 Å². The molecule has 0 aliphatic carbocycles. The van der Waals surface area contributed by atoms with Crippen LogP contribution in [0.5, 0.6) is 0 Å². The van der Waals surface area contributed by atoms with Crippen LogP contribution in [0.15, 0.2) is 41.4 Å². The van der Waals surface area contributed by atoms with Crippen molar-refractivity contribution in [2.75, 3.05) is 22.7 Å². The van der Waals surface area contributed by atoms with E-state index in [1.165, 1.54) is 31.7 Å². The normalized spacial score (nSPS) is 18.2. The second-order valence-corrected chi connectivity index (χ2v) is 8.30. The van der Waals surface area contributed by atoms with Crippen LogP contribution < -0.4 is 9.62 Å². The molecule has 7 heteroatoms. The summed E-state index contributed by atoms with van der Waals surface area (Å²) in [4.78, 5) is 6.63. The van der Waals surface area contributed by atoms with Crippen molar-refractivity contribution in [1.82, 2.24) is 4.98 Å². The van der Waals surface area contributed by atoms with Crippen molar-refractivity contribution in [2.45, 2.75) is 31.6 Å². The van der Waals surface area contributed by atoms with Crippen molar-refractivity contribution in [3.63, 3.8) is 0 Å². The average molecular weight is 363 g/mol. The molecule has 5 nitrogen and oxygen atoms in total. The summed E-state index contributed by atoms with van der Waals surface area (Å²) in [5.74, 6) is 1.06. The van der Waals surface area contributed by atoms with E-state index < -0.39 is 15.8 Å². The Morgan fingerprint density at radius 2 is 2.08 bits per heavy atom. The highest BCUT2D eigenvalue weighted by molar-refractivity contribution is 7.92. The fourth-order valence-corrected chi connectivity index (χ4v) is 4.16. The highest BCUT2D eigenvalue weighted by atomic mass is 32.2. The number of hydrogen-bond acceptors (Lipinski definition) is 4. The second-order valence-electron chi connectivity index (χ2n) is 6.61. The number of hydrogen-bond donors (Lipinski definition) is 1. The van der Waals surface area contributed by atoms with E-state index in [1.54, 1.807) is 6.07 Å². The molecule has 1 saturated heterocycles. The number of benzene rings is 1. The Kier molecular flexibility index (Phi) is 4.94. The summed E-state index contributed by atoms with van der Waals surface area (Å²) >= 11 is 0. The summed E-state index contributed by atoms with van der Waals surface area (Å²) < 4.78 is 40.7. The van der Waals surface area contributed by atoms with Crippen LogP contribution in [-0.2, 0) is 10.0 Å². The third kappa shape index (κ3) is 4.10. The monoisotopic (exact) mass is 363 g/mol. The summed E-state index contributed by atoms with van der Waals surface area (Å²) in [5.41, 5.74) is 0.673. The van der Waals surface area contributed by atoms with Crippen molar-refractivity contribution in [3.8, 4) is 0 Å². The number of piperidine rings is 1. The maximum Gasteiger partial charge on any atom is 0.261 e. The summed E-state index contributed by atoms with van der Waals surface area (Å²) in [6.45, 7) is 5.69. The molecule has 0 amide bonds. The summed E-state index contributed by atoms with van der Waals surface area (Å²) in [6.07, 6.45) is 3.88. The lowest BCUT2D eigenvalue weighted by atomic mass is 10.0. The lowest BCUT2D eigenvalue weighted by Gasteiger charge is -2.31. The highest BCUT2D eigenvalue weighted by Crippen LogP contribution is 2.23. The van der Waals surface area contributed by atoms with Crippen LogP contribution in [0.1, 0.15) is 25.3 Å². The molecule has 0 radical (unpaired) electrons. The Morgan fingerprint density at radius 3 is 2.72 bits per heavy atom. The van der Waals surface area contributed by atoms with Gasteiger partial charge in [0.05, 0.1) is 16.8 Å². The minimum absolute atomic E-state index is 0.0281. The molecule has 3 rings (SSSR count). The van der Waals surface area contributed by atoms with E-state index in [4.69, 9.17) is 0 Å². The van der Waals surface area contributed by atoms with Gasteiger partial charge in [0.15, 0.2) is 0 Å². The lowest BCUT2D eigenvalue weighted by Crippen LogP contribution is -2.34. The van der Waals surface area contributed by atoms with E-state index in [9.17, 15) is 12.8 Å². The fraction of sp³-hybridized carbons (Fsp3) is 0.389. The van der Waals surface area contributed by atoms with Crippen molar-refractivity contribution in [2.24, 2.45) is 5.92 Å². The van der Waals surface area contributed by atoms with Crippen molar-refractivity contribution >= 4 is 21.5 Å². The van der Waals surface area contributed by atoms with Crippen molar-refractivity contribution < 1.29 is 12.8 Å².